The summed E-state index contributed by atoms with van der Waals surface area (Å²) in [7, 11) is 0. The van der Waals surface area contributed by atoms with Crippen LogP contribution in [0.15, 0.2) is 46.0 Å². The Hall–Kier alpha value is -2.54. The second kappa shape index (κ2) is 5.03. The monoisotopic (exact) mass is 355 g/mol. The lowest BCUT2D eigenvalue weighted by molar-refractivity contribution is -0.115. The molecule has 0 radical (unpaired) electrons. The number of aromatic amines is 1. The van der Waals surface area contributed by atoms with Gasteiger partial charge in [-0.1, -0.05) is 12.1 Å². The first kappa shape index (κ1) is 13.1. The zero-order valence-electron chi connectivity index (χ0n) is 11.2. The Morgan fingerprint density at radius 2 is 2.18 bits per heavy atom. The van der Waals surface area contributed by atoms with Crippen LogP contribution in [-0.2, 0) is 4.79 Å². The highest BCUT2D eigenvalue weighted by Crippen LogP contribution is 2.31. The third-order valence-corrected chi connectivity index (χ3v) is 3.90. The van der Waals surface area contributed by atoms with E-state index in [9.17, 15) is 4.79 Å². The maximum atomic E-state index is 12.0. The molecule has 0 bridgehead atoms. The lowest BCUT2D eigenvalue weighted by Gasteiger charge is -2.01. The molecule has 7 heteroatoms. The van der Waals surface area contributed by atoms with Crippen LogP contribution < -0.4 is 5.32 Å². The lowest BCUT2D eigenvalue weighted by Crippen LogP contribution is -2.13. The molecule has 108 valence electrons. The Bertz CT molecular complexity index is 884. The molecule has 0 aliphatic carbocycles. The Morgan fingerprint density at radius 1 is 1.32 bits per heavy atom. The Balaban J connectivity index is 1.68. The van der Waals surface area contributed by atoms with Crippen molar-refractivity contribution in [3.63, 3.8) is 0 Å². The number of H-pyrrole nitrogens is 1. The number of fused-ring (bicyclic) bond motifs is 2. The van der Waals surface area contributed by atoms with Crippen LogP contribution in [0.2, 0.25) is 0 Å². The van der Waals surface area contributed by atoms with Crippen LogP contribution in [0.5, 0.6) is 0 Å². The molecule has 0 saturated carbocycles. The number of halogens is 1. The van der Waals surface area contributed by atoms with Crippen molar-refractivity contribution in [2.45, 2.75) is 5.92 Å². The van der Waals surface area contributed by atoms with E-state index in [1.165, 1.54) is 0 Å². The fourth-order valence-corrected chi connectivity index (χ4v) is 2.77. The van der Waals surface area contributed by atoms with Crippen LogP contribution in [0, 0.1) is 0 Å². The van der Waals surface area contributed by atoms with Crippen molar-refractivity contribution in [3.05, 3.63) is 46.6 Å². The second-order valence-electron chi connectivity index (χ2n) is 4.91. The number of carbonyl (C=O) groups excluding carboxylic acids is 1. The van der Waals surface area contributed by atoms with E-state index in [4.69, 9.17) is 0 Å². The quantitative estimate of drug-likeness (QED) is 0.692. The molecule has 1 aliphatic rings. The molecule has 1 aromatic carbocycles. The Labute approximate surface area is 133 Å². The summed E-state index contributed by atoms with van der Waals surface area (Å²) in [4.78, 5) is 28.0. The number of benzene rings is 1. The number of hydrogen-bond donors (Lipinski definition) is 2. The van der Waals surface area contributed by atoms with E-state index in [-0.39, 0.29) is 5.91 Å². The lowest BCUT2D eigenvalue weighted by atomic mass is 10.0. The van der Waals surface area contributed by atoms with Crippen LogP contribution in [-0.4, -0.2) is 27.1 Å². The standard InChI is InChI=1S/C15H10BrN5O/c16-8-5-9-10(14(22)21-13(9)17-6-8)7-18-15-19-11-3-1-2-4-12(11)20-15/h1-7,10H,(H,19,20)(H,17,21,22). The second-order valence-corrected chi connectivity index (χ2v) is 5.83. The van der Waals surface area contributed by atoms with E-state index in [1.54, 1.807) is 12.4 Å². The number of nitrogens with one attached hydrogen (secondary N) is 2. The molecule has 2 aromatic heterocycles. The number of para-hydroxylation sites is 2. The summed E-state index contributed by atoms with van der Waals surface area (Å²) in [6.07, 6.45) is 3.24. The zero-order chi connectivity index (χ0) is 15.1. The molecule has 1 aliphatic heterocycles. The molecule has 1 amide bonds. The third-order valence-electron chi connectivity index (χ3n) is 3.47. The minimum atomic E-state index is -0.465. The van der Waals surface area contributed by atoms with Crippen LogP contribution in [0.4, 0.5) is 11.8 Å². The molecule has 4 rings (SSSR count). The topological polar surface area (TPSA) is 83.0 Å². The molecule has 0 fully saturated rings. The highest BCUT2D eigenvalue weighted by molar-refractivity contribution is 9.10. The van der Waals surface area contributed by atoms with Gasteiger partial charge in [0.1, 0.15) is 11.7 Å². The number of imidazole rings is 1. The average molecular weight is 356 g/mol. The summed E-state index contributed by atoms with van der Waals surface area (Å²) in [6, 6.07) is 9.55. The molecule has 3 heterocycles. The van der Waals surface area contributed by atoms with E-state index in [1.807, 2.05) is 30.3 Å². The van der Waals surface area contributed by atoms with Gasteiger partial charge in [-0.05, 0) is 34.1 Å². The fourth-order valence-electron chi connectivity index (χ4n) is 2.43. The maximum absolute atomic E-state index is 12.0. The molecule has 1 atom stereocenters. The number of nitrogens with zero attached hydrogens (tertiary/aromatic N) is 3. The van der Waals surface area contributed by atoms with Gasteiger partial charge in [0.2, 0.25) is 11.9 Å². The molecule has 22 heavy (non-hydrogen) atoms. The van der Waals surface area contributed by atoms with Crippen LogP contribution in [0.25, 0.3) is 11.0 Å². The van der Waals surface area contributed by atoms with Gasteiger partial charge in [-0.25, -0.2) is 15.0 Å². The summed E-state index contributed by atoms with van der Waals surface area (Å²) in [6.45, 7) is 0. The molecule has 2 N–H and O–H groups in total. The van der Waals surface area contributed by atoms with Crippen molar-refractivity contribution in [2.24, 2.45) is 4.99 Å². The predicted octanol–water partition coefficient (Wildman–Crippen LogP) is 3.16. The summed E-state index contributed by atoms with van der Waals surface area (Å²) in [5, 5.41) is 2.74. The van der Waals surface area contributed by atoms with Gasteiger partial charge in [-0.2, -0.15) is 0 Å². The van der Waals surface area contributed by atoms with Crippen molar-refractivity contribution in [1.29, 1.82) is 0 Å². The maximum Gasteiger partial charge on any atom is 0.238 e. The number of hydrogen-bond acceptors (Lipinski definition) is 4. The highest BCUT2D eigenvalue weighted by atomic mass is 79.9. The number of aliphatic imine (C=N–C) groups is 1. The van der Waals surface area contributed by atoms with Gasteiger partial charge in [-0.3, -0.25) is 4.79 Å². The van der Waals surface area contributed by atoms with Crippen LogP contribution >= 0.6 is 15.9 Å². The van der Waals surface area contributed by atoms with Gasteiger partial charge in [0, 0.05) is 22.4 Å². The van der Waals surface area contributed by atoms with Gasteiger partial charge in [-0.15, -0.1) is 0 Å². The van der Waals surface area contributed by atoms with Gasteiger partial charge >= 0.3 is 0 Å². The van der Waals surface area contributed by atoms with Crippen molar-refractivity contribution < 1.29 is 4.79 Å². The minimum Gasteiger partial charge on any atom is -0.322 e. The highest BCUT2D eigenvalue weighted by Gasteiger charge is 2.30. The summed E-state index contributed by atoms with van der Waals surface area (Å²) >= 11 is 3.37. The van der Waals surface area contributed by atoms with Gasteiger partial charge in [0.25, 0.3) is 0 Å². The van der Waals surface area contributed by atoms with Crippen molar-refractivity contribution in [1.82, 2.24) is 15.0 Å². The number of pyridine rings is 1. The zero-order valence-corrected chi connectivity index (χ0v) is 12.8. The van der Waals surface area contributed by atoms with E-state index in [0.717, 1.165) is 21.1 Å². The number of carbonyl (C=O) groups is 1. The number of aromatic nitrogens is 3. The molecular weight excluding hydrogens is 346 g/mol. The largest absolute Gasteiger partial charge is 0.322 e. The van der Waals surface area contributed by atoms with Gasteiger partial charge < -0.3 is 10.3 Å². The molecule has 1 unspecified atom stereocenters. The van der Waals surface area contributed by atoms with Crippen molar-refractivity contribution >= 4 is 50.9 Å². The smallest absolute Gasteiger partial charge is 0.238 e. The molecule has 0 spiro atoms. The summed E-state index contributed by atoms with van der Waals surface area (Å²) in [5.41, 5.74) is 2.56. The molecular formula is C15H10BrN5O. The van der Waals surface area contributed by atoms with Crippen LogP contribution in [0.3, 0.4) is 0 Å². The third kappa shape index (κ3) is 2.19. The predicted molar refractivity (Wildman–Crippen MR) is 87.6 cm³/mol. The number of anilines is 1. The van der Waals surface area contributed by atoms with E-state index >= 15 is 0 Å². The first-order chi connectivity index (χ1) is 10.7. The summed E-state index contributed by atoms with van der Waals surface area (Å²) in [5.74, 6) is 0.452. The van der Waals surface area contributed by atoms with Crippen LogP contribution in [0.1, 0.15) is 11.5 Å². The van der Waals surface area contributed by atoms with Crippen molar-refractivity contribution in [3.8, 4) is 0 Å². The van der Waals surface area contributed by atoms with Gasteiger partial charge in [0.15, 0.2) is 0 Å². The minimum absolute atomic E-state index is 0.138. The Kier molecular flexibility index (Phi) is 3.00. The fraction of sp³-hybridized carbons (Fsp3) is 0.0667. The van der Waals surface area contributed by atoms with E-state index < -0.39 is 5.92 Å². The normalized spacial score (nSPS) is 17.1. The number of amides is 1. The first-order valence-corrected chi connectivity index (χ1v) is 7.45. The number of rotatable bonds is 2. The Morgan fingerprint density at radius 3 is 3.05 bits per heavy atom. The van der Waals surface area contributed by atoms with Crippen molar-refractivity contribution in [2.75, 3.05) is 5.32 Å². The average Bonchev–Trinajstić information content (AvgIpc) is 3.05. The SMILES string of the molecule is O=C1Nc2ncc(Br)cc2C1C=Nc1nc2ccccc2[nH]1. The van der Waals surface area contributed by atoms with E-state index in [0.29, 0.717) is 11.8 Å². The molecule has 0 saturated heterocycles. The first-order valence-electron chi connectivity index (χ1n) is 6.66. The molecule has 6 nitrogen and oxygen atoms in total. The summed E-state index contributed by atoms with van der Waals surface area (Å²) < 4.78 is 0.824. The molecule has 3 aromatic rings. The van der Waals surface area contributed by atoms with Gasteiger partial charge in [0.05, 0.1) is 11.0 Å². The van der Waals surface area contributed by atoms with E-state index in [2.05, 4.69) is 41.2 Å².